The molecule has 5 N–H and O–H groups in total. The van der Waals surface area contributed by atoms with Crippen LogP contribution in [0.15, 0.2) is 29.3 Å². The zero-order chi connectivity index (χ0) is 24.2. The summed E-state index contributed by atoms with van der Waals surface area (Å²) in [5, 5.41) is 3.01. The molecule has 2 aromatic rings. The molecule has 1 aliphatic heterocycles. The van der Waals surface area contributed by atoms with Gasteiger partial charge in [0.2, 0.25) is 15.9 Å². The van der Waals surface area contributed by atoms with Gasteiger partial charge < -0.3 is 21.7 Å². The van der Waals surface area contributed by atoms with Gasteiger partial charge in [-0.05, 0) is 30.5 Å². The summed E-state index contributed by atoms with van der Waals surface area (Å²) in [6, 6.07) is 7.39. The van der Waals surface area contributed by atoms with Crippen molar-refractivity contribution < 1.29 is 18.0 Å². The smallest absolute Gasteiger partial charge is 0.266 e. The van der Waals surface area contributed by atoms with E-state index in [1.165, 1.54) is 11.2 Å². The lowest BCUT2D eigenvalue weighted by Gasteiger charge is -2.33. The van der Waals surface area contributed by atoms with Gasteiger partial charge in [0.15, 0.2) is 11.1 Å². The van der Waals surface area contributed by atoms with Crippen LogP contribution >= 0.6 is 11.3 Å². The molecular weight excluding hydrogens is 466 g/mol. The van der Waals surface area contributed by atoms with E-state index < -0.39 is 10.0 Å². The van der Waals surface area contributed by atoms with Gasteiger partial charge in [-0.3, -0.25) is 9.59 Å². The van der Waals surface area contributed by atoms with Gasteiger partial charge in [0.25, 0.3) is 5.91 Å². The number of nitrogens with zero attached hydrogens (tertiary/aromatic N) is 4. The molecule has 2 amide bonds. The number of thiazole rings is 1. The standard InChI is InChI=1S/C20H27N7O4S2/c1-13(28)23-20-25-16(8-5-14-3-6-15(7-4-14)24-19(21)22)17(32-20)18(29)26-9-11-27(12-10-26)33(2,30)31/h3-4,6-7H,5,8-12H2,1-2H3,(H4,21,22,24)(H,23,25,28). The van der Waals surface area contributed by atoms with Gasteiger partial charge in [-0.25, -0.2) is 18.4 Å². The van der Waals surface area contributed by atoms with Crippen molar-refractivity contribution in [2.45, 2.75) is 19.8 Å². The van der Waals surface area contributed by atoms with E-state index >= 15 is 0 Å². The summed E-state index contributed by atoms with van der Waals surface area (Å²) in [5.74, 6) is -0.502. The van der Waals surface area contributed by atoms with Crippen molar-refractivity contribution in [3.63, 3.8) is 0 Å². The number of rotatable bonds is 7. The molecule has 13 heteroatoms. The van der Waals surface area contributed by atoms with Crippen LogP contribution in [0, 0.1) is 0 Å². The quantitative estimate of drug-likeness (QED) is 0.373. The molecule has 1 saturated heterocycles. The van der Waals surface area contributed by atoms with E-state index in [9.17, 15) is 18.0 Å². The van der Waals surface area contributed by atoms with Gasteiger partial charge in [0.1, 0.15) is 4.88 Å². The molecule has 0 radical (unpaired) electrons. The molecule has 1 aromatic carbocycles. The topological polar surface area (TPSA) is 164 Å². The van der Waals surface area contributed by atoms with Crippen LogP contribution < -0.4 is 16.8 Å². The monoisotopic (exact) mass is 493 g/mol. The van der Waals surface area contributed by atoms with Gasteiger partial charge in [-0.15, -0.1) is 0 Å². The number of benzene rings is 1. The fourth-order valence-electron chi connectivity index (χ4n) is 3.41. The first-order chi connectivity index (χ1) is 15.5. The maximum Gasteiger partial charge on any atom is 0.266 e. The molecule has 1 fully saturated rings. The zero-order valence-electron chi connectivity index (χ0n) is 18.4. The first-order valence-electron chi connectivity index (χ1n) is 10.2. The van der Waals surface area contributed by atoms with E-state index in [1.54, 1.807) is 17.0 Å². The fourth-order valence-corrected chi connectivity index (χ4v) is 5.26. The van der Waals surface area contributed by atoms with Crippen LogP contribution in [0.4, 0.5) is 10.8 Å². The number of guanidine groups is 1. The van der Waals surface area contributed by atoms with Crippen LogP contribution in [0.5, 0.6) is 0 Å². The molecule has 178 valence electrons. The molecule has 1 aliphatic rings. The van der Waals surface area contributed by atoms with Gasteiger partial charge in [0, 0.05) is 33.1 Å². The Hall–Kier alpha value is -3.03. The zero-order valence-corrected chi connectivity index (χ0v) is 20.1. The minimum Gasteiger partial charge on any atom is -0.370 e. The highest BCUT2D eigenvalue weighted by atomic mass is 32.2. The number of amides is 2. The molecule has 0 saturated carbocycles. The van der Waals surface area contributed by atoms with E-state index in [4.69, 9.17) is 11.5 Å². The molecule has 0 bridgehead atoms. The second kappa shape index (κ2) is 10.3. The van der Waals surface area contributed by atoms with Gasteiger partial charge in [0.05, 0.1) is 17.6 Å². The maximum atomic E-state index is 13.2. The molecule has 0 unspecified atom stereocenters. The third-order valence-corrected chi connectivity index (χ3v) is 7.32. The van der Waals surface area contributed by atoms with E-state index in [0.29, 0.717) is 47.3 Å². The third kappa shape index (κ3) is 6.73. The Morgan fingerprint density at radius 2 is 1.76 bits per heavy atom. The van der Waals surface area contributed by atoms with Crippen LogP contribution in [0.1, 0.15) is 27.9 Å². The van der Waals surface area contributed by atoms with E-state index in [2.05, 4.69) is 15.3 Å². The summed E-state index contributed by atoms with van der Waals surface area (Å²) in [4.78, 5) is 35.2. The first-order valence-corrected chi connectivity index (χ1v) is 12.9. The first kappa shape index (κ1) is 24.6. The van der Waals surface area contributed by atoms with Crippen LogP contribution in [0.2, 0.25) is 0 Å². The Labute approximate surface area is 196 Å². The lowest BCUT2D eigenvalue weighted by Crippen LogP contribution is -2.50. The van der Waals surface area contributed by atoms with Crippen molar-refractivity contribution in [3.8, 4) is 0 Å². The maximum absolute atomic E-state index is 13.2. The van der Waals surface area contributed by atoms with Crippen molar-refractivity contribution in [1.29, 1.82) is 0 Å². The summed E-state index contributed by atoms with van der Waals surface area (Å²) in [7, 11) is -3.29. The lowest BCUT2D eigenvalue weighted by molar-refractivity contribution is -0.114. The SMILES string of the molecule is CC(=O)Nc1nc(CCc2ccc(N=C(N)N)cc2)c(C(=O)N2CCN(S(C)(=O)=O)CC2)s1. The fraction of sp³-hybridized carbons (Fsp3) is 0.400. The third-order valence-electron chi connectivity index (χ3n) is 5.01. The number of piperazine rings is 1. The molecule has 0 atom stereocenters. The van der Waals surface area contributed by atoms with Crippen molar-refractivity contribution >= 4 is 50.0 Å². The predicted octanol–water partition coefficient (Wildman–Crippen LogP) is 0.509. The number of anilines is 1. The molecule has 3 rings (SSSR count). The molecular formula is C20H27N7O4S2. The molecule has 11 nitrogen and oxygen atoms in total. The highest BCUT2D eigenvalue weighted by Gasteiger charge is 2.29. The number of nitrogens with one attached hydrogen (secondary N) is 1. The number of carbonyl (C=O) groups excluding carboxylic acids is 2. The Morgan fingerprint density at radius 3 is 2.30 bits per heavy atom. The number of aryl methyl sites for hydroxylation is 2. The minimum absolute atomic E-state index is 0.0174. The summed E-state index contributed by atoms with van der Waals surface area (Å²) in [6.45, 7) is 2.47. The second-order valence-corrected chi connectivity index (χ2v) is 10.6. The van der Waals surface area contributed by atoms with Crippen molar-refractivity contribution in [1.82, 2.24) is 14.2 Å². The number of nitrogens with two attached hydrogens (primary N) is 2. The summed E-state index contributed by atoms with van der Waals surface area (Å²) in [5.41, 5.74) is 13.0. The van der Waals surface area contributed by atoms with Crippen molar-refractivity contribution in [2.24, 2.45) is 16.5 Å². The predicted molar refractivity (Wildman–Crippen MR) is 128 cm³/mol. The van der Waals surface area contributed by atoms with E-state index in [-0.39, 0.29) is 30.9 Å². The molecule has 0 aliphatic carbocycles. The number of carbonyl (C=O) groups is 2. The average Bonchev–Trinajstić information content (AvgIpc) is 3.13. The van der Waals surface area contributed by atoms with Crippen LogP contribution in [-0.2, 0) is 27.7 Å². The minimum atomic E-state index is -3.29. The van der Waals surface area contributed by atoms with Crippen molar-refractivity contribution in [3.05, 3.63) is 40.4 Å². The number of aromatic nitrogens is 1. The van der Waals surface area contributed by atoms with Crippen molar-refractivity contribution in [2.75, 3.05) is 37.8 Å². The Bertz CT molecular complexity index is 1150. The number of hydrogen-bond acceptors (Lipinski definition) is 7. The largest absolute Gasteiger partial charge is 0.370 e. The lowest BCUT2D eigenvalue weighted by atomic mass is 10.1. The Morgan fingerprint density at radius 1 is 1.12 bits per heavy atom. The van der Waals surface area contributed by atoms with Crippen LogP contribution in [0.25, 0.3) is 0 Å². The second-order valence-electron chi connectivity index (χ2n) is 7.63. The summed E-state index contributed by atoms with van der Waals surface area (Å²) in [6.07, 6.45) is 2.27. The van der Waals surface area contributed by atoms with Crippen LogP contribution in [-0.4, -0.2) is 72.8 Å². The van der Waals surface area contributed by atoms with Gasteiger partial charge >= 0.3 is 0 Å². The summed E-state index contributed by atoms with van der Waals surface area (Å²) >= 11 is 1.13. The molecule has 33 heavy (non-hydrogen) atoms. The summed E-state index contributed by atoms with van der Waals surface area (Å²) < 4.78 is 24.8. The average molecular weight is 494 g/mol. The van der Waals surface area contributed by atoms with E-state index in [1.807, 2.05) is 12.1 Å². The van der Waals surface area contributed by atoms with Crippen LogP contribution in [0.3, 0.4) is 0 Å². The Balaban J connectivity index is 1.75. The number of hydrogen-bond donors (Lipinski definition) is 3. The number of sulfonamides is 1. The highest BCUT2D eigenvalue weighted by molar-refractivity contribution is 7.88. The van der Waals surface area contributed by atoms with Gasteiger partial charge in [-0.1, -0.05) is 23.5 Å². The molecule has 2 heterocycles. The number of aliphatic imine (C=N–C) groups is 1. The molecule has 0 spiro atoms. The highest BCUT2D eigenvalue weighted by Crippen LogP contribution is 2.27. The van der Waals surface area contributed by atoms with Gasteiger partial charge in [-0.2, -0.15) is 4.31 Å². The van der Waals surface area contributed by atoms with E-state index in [0.717, 1.165) is 23.2 Å². The molecule has 1 aromatic heterocycles. The Kier molecular flexibility index (Phi) is 7.66. The normalized spacial score (nSPS) is 14.7.